The molecule has 0 aromatic heterocycles. The zero-order valence-electron chi connectivity index (χ0n) is 14.8. The van der Waals surface area contributed by atoms with Crippen molar-refractivity contribution in [2.24, 2.45) is 10.8 Å². The predicted octanol–water partition coefficient (Wildman–Crippen LogP) is 5.52. The van der Waals surface area contributed by atoms with Gasteiger partial charge >= 0.3 is 0 Å². The van der Waals surface area contributed by atoms with Gasteiger partial charge in [0.1, 0.15) is 0 Å². The Hall–Kier alpha value is -1.63. The monoisotopic (exact) mass is 296 g/mol. The van der Waals surface area contributed by atoms with Gasteiger partial charge in [-0.1, -0.05) is 83.5 Å². The molecule has 1 aliphatic rings. The van der Waals surface area contributed by atoms with Crippen molar-refractivity contribution < 1.29 is 4.79 Å². The normalized spacial score (nSPS) is 16.8. The number of hydrogen-bond acceptors (Lipinski definition) is 1. The molecular formula is C21H28O. The van der Waals surface area contributed by atoms with Crippen LogP contribution in [-0.2, 0) is 11.2 Å². The van der Waals surface area contributed by atoms with Crippen LogP contribution in [0.3, 0.4) is 0 Å². The van der Waals surface area contributed by atoms with Crippen molar-refractivity contribution in [1.29, 1.82) is 0 Å². The van der Waals surface area contributed by atoms with Crippen LogP contribution >= 0.6 is 0 Å². The molecule has 1 aromatic rings. The van der Waals surface area contributed by atoms with Crippen LogP contribution < -0.4 is 0 Å². The minimum atomic E-state index is -0.119. The summed E-state index contributed by atoms with van der Waals surface area (Å²) in [5, 5.41) is 0. The zero-order valence-corrected chi connectivity index (χ0v) is 14.8. The molecular weight excluding hydrogens is 268 g/mol. The van der Waals surface area contributed by atoms with Crippen molar-refractivity contribution in [2.45, 2.75) is 54.4 Å². The van der Waals surface area contributed by atoms with Crippen molar-refractivity contribution in [3.05, 3.63) is 58.7 Å². The Bertz CT molecular complexity index is 616. The van der Waals surface area contributed by atoms with Crippen LogP contribution in [0.25, 0.3) is 0 Å². The van der Waals surface area contributed by atoms with E-state index in [9.17, 15) is 4.79 Å². The summed E-state index contributed by atoms with van der Waals surface area (Å²) in [6.07, 6.45) is 3.91. The Morgan fingerprint density at radius 1 is 0.909 bits per heavy atom. The topological polar surface area (TPSA) is 17.1 Å². The highest BCUT2D eigenvalue weighted by molar-refractivity contribution is 6.11. The fourth-order valence-electron chi connectivity index (χ4n) is 3.24. The molecule has 118 valence electrons. The largest absolute Gasteiger partial charge is 0.289 e. The van der Waals surface area contributed by atoms with E-state index in [1.165, 1.54) is 11.1 Å². The Morgan fingerprint density at radius 2 is 1.50 bits per heavy atom. The lowest BCUT2D eigenvalue weighted by Crippen LogP contribution is -2.29. The van der Waals surface area contributed by atoms with Gasteiger partial charge in [-0.25, -0.2) is 0 Å². The molecule has 0 spiro atoms. The SMILES string of the molecule is CC(C)(C)C1=CCC(Cc2ccccc2)=C(C(C)(C)C)C1=O. The van der Waals surface area contributed by atoms with Crippen LogP contribution in [0.1, 0.15) is 53.5 Å². The number of carbonyl (C=O) groups excluding carboxylic acids is 1. The fraction of sp³-hybridized carbons (Fsp3) is 0.476. The van der Waals surface area contributed by atoms with E-state index in [-0.39, 0.29) is 16.6 Å². The fourth-order valence-corrected chi connectivity index (χ4v) is 3.24. The molecule has 0 amide bonds. The van der Waals surface area contributed by atoms with E-state index in [2.05, 4.69) is 71.9 Å². The summed E-state index contributed by atoms with van der Waals surface area (Å²) >= 11 is 0. The van der Waals surface area contributed by atoms with E-state index < -0.39 is 0 Å². The van der Waals surface area contributed by atoms with Gasteiger partial charge in [0.25, 0.3) is 0 Å². The average Bonchev–Trinajstić information content (AvgIpc) is 2.36. The van der Waals surface area contributed by atoms with Crippen LogP contribution in [-0.4, -0.2) is 5.78 Å². The minimum absolute atomic E-state index is 0.0914. The molecule has 0 atom stereocenters. The molecule has 0 aliphatic heterocycles. The highest BCUT2D eigenvalue weighted by Gasteiger charge is 2.35. The van der Waals surface area contributed by atoms with Gasteiger partial charge in [-0.05, 0) is 29.2 Å². The number of hydrogen-bond donors (Lipinski definition) is 0. The molecule has 0 fully saturated rings. The van der Waals surface area contributed by atoms with Crippen LogP contribution in [0.5, 0.6) is 0 Å². The maximum Gasteiger partial charge on any atom is 0.185 e. The zero-order chi connectivity index (χ0) is 16.5. The average molecular weight is 296 g/mol. The van der Waals surface area contributed by atoms with Gasteiger partial charge < -0.3 is 0 Å². The first kappa shape index (κ1) is 16.7. The molecule has 22 heavy (non-hydrogen) atoms. The first-order valence-corrected chi connectivity index (χ1v) is 8.12. The lowest BCUT2D eigenvalue weighted by atomic mass is 9.69. The first-order valence-electron chi connectivity index (χ1n) is 8.12. The third-order valence-electron chi connectivity index (χ3n) is 4.20. The molecule has 0 bridgehead atoms. The van der Waals surface area contributed by atoms with Gasteiger partial charge in [0.05, 0.1) is 0 Å². The Labute approximate surface area is 135 Å². The second-order valence-electron chi connectivity index (χ2n) is 8.29. The lowest BCUT2D eigenvalue weighted by molar-refractivity contribution is -0.114. The van der Waals surface area contributed by atoms with Crippen molar-refractivity contribution in [1.82, 2.24) is 0 Å². The van der Waals surface area contributed by atoms with Crippen LogP contribution in [0.4, 0.5) is 0 Å². The van der Waals surface area contributed by atoms with E-state index >= 15 is 0 Å². The highest BCUT2D eigenvalue weighted by atomic mass is 16.1. The number of Topliss-reactive ketones (excluding diaryl/α,β-unsaturated/α-hetero) is 1. The van der Waals surface area contributed by atoms with E-state index in [1.807, 2.05) is 6.07 Å². The molecule has 0 unspecified atom stereocenters. The molecule has 0 saturated heterocycles. The predicted molar refractivity (Wildman–Crippen MR) is 93.8 cm³/mol. The molecule has 0 saturated carbocycles. The first-order chi connectivity index (χ1) is 10.1. The third kappa shape index (κ3) is 3.58. The van der Waals surface area contributed by atoms with Gasteiger partial charge in [0.15, 0.2) is 5.78 Å². The Kier molecular flexibility index (Phi) is 4.47. The summed E-state index contributed by atoms with van der Waals surface area (Å²) in [6.45, 7) is 12.8. The quantitative estimate of drug-likeness (QED) is 0.702. The van der Waals surface area contributed by atoms with Crippen molar-refractivity contribution in [3.8, 4) is 0 Å². The third-order valence-corrected chi connectivity index (χ3v) is 4.20. The summed E-state index contributed by atoms with van der Waals surface area (Å²) in [5.41, 5.74) is 4.33. The molecule has 1 aliphatic carbocycles. The van der Waals surface area contributed by atoms with Gasteiger partial charge in [0.2, 0.25) is 0 Å². The number of ketones is 1. The summed E-state index contributed by atoms with van der Waals surface area (Å²) in [7, 11) is 0. The minimum Gasteiger partial charge on any atom is -0.289 e. The van der Waals surface area contributed by atoms with Crippen LogP contribution in [0.2, 0.25) is 0 Å². The maximum absolute atomic E-state index is 13.1. The summed E-state index contributed by atoms with van der Waals surface area (Å²) in [5.74, 6) is 0.247. The second kappa shape index (κ2) is 5.87. The van der Waals surface area contributed by atoms with Crippen molar-refractivity contribution >= 4 is 5.78 Å². The molecule has 2 rings (SSSR count). The summed E-state index contributed by atoms with van der Waals surface area (Å²) in [6, 6.07) is 10.4. The number of rotatable bonds is 2. The van der Waals surface area contributed by atoms with Gasteiger partial charge in [-0.3, -0.25) is 4.79 Å². The Morgan fingerprint density at radius 3 is 2.00 bits per heavy atom. The molecule has 0 heterocycles. The van der Waals surface area contributed by atoms with Crippen molar-refractivity contribution in [2.75, 3.05) is 0 Å². The molecule has 1 heteroatoms. The number of allylic oxidation sites excluding steroid dienone is 4. The molecule has 0 radical (unpaired) electrons. The van der Waals surface area contributed by atoms with Crippen molar-refractivity contribution in [3.63, 3.8) is 0 Å². The molecule has 1 aromatic carbocycles. The smallest absolute Gasteiger partial charge is 0.185 e. The van der Waals surface area contributed by atoms with E-state index in [0.717, 1.165) is 24.0 Å². The number of carbonyl (C=O) groups is 1. The summed E-state index contributed by atoms with van der Waals surface area (Å²) in [4.78, 5) is 13.1. The van der Waals surface area contributed by atoms with Gasteiger partial charge in [-0.2, -0.15) is 0 Å². The number of benzene rings is 1. The van der Waals surface area contributed by atoms with Gasteiger partial charge in [0, 0.05) is 11.1 Å². The molecule has 1 nitrogen and oxygen atoms in total. The van der Waals surface area contributed by atoms with Crippen LogP contribution in [0.15, 0.2) is 53.1 Å². The molecule has 0 N–H and O–H groups in total. The van der Waals surface area contributed by atoms with E-state index in [0.29, 0.717) is 0 Å². The van der Waals surface area contributed by atoms with E-state index in [4.69, 9.17) is 0 Å². The van der Waals surface area contributed by atoms with E-state index in [1.54, 1.807) is 0 Å². The van der Waals surface area contributed by atoms with Gasteiger partial charge in [-0.15, -0.1) is 0 Å². The standard InChI is InChI=1S/C21H28O/c1-20(2,3)17-13-12-16(14-15-10-8-7-9-11-15)18(19(17)22)21(4,5)6/h7-11,13H,12,14H2,1-6H3. The highest BCUT2D eigenvalue weighted by Crippen LogP contribution is 2.41. The summed E-state index contributed by atoms with van der Waals surface area (Å²) < 4.78 is 0. The Balaban J connectivity index is 2.43. The maximum atomic E-state index is 13.1. The lowest BCUT2D eigenvalue weighted by Gasteiger charge is -2.33. The van der Waals surface area contributed by atoms with Crippen LogP contribution in [0, 0.1) is 10.8 Å². The second-order valence-corrected chi connectivity index (χ2v) is 8.29.